The van der Waals surface area contributed by atoms with Crippen molar-refractivity contribution < 1.29 is 9.59 Å². The second kappa shape index (κ2) is 7.88. The number of carbonyl (C=O) groups excluding carboxylic acids is 2. The molecule has 0 radical (unpaired) electrons. The van der Waals surface area contributed by atoms with E-state index in [1.54, 1.807) is 0 Å². The highest BCUT2D eigenvalue weighted by atomic mass is 16.2. The molecule has 1 aromatic carbocycles. The number of hydrogen-bond acceptors (Lipinski definition) is 2. The molecule has 1 aliphatic heterocycles. The lowest BCUT2D eigenvalue weighted by Gasteiger charge is -2.36. The molecule has 0 unspecified atom stereocenters. The van der Waals surface area contributed by atoms with Crippen LogP contribution in [0.4, 0.5) is 10.5 Å². The van der Waals surface area contributed by atoms with Gasteiger partial charge in [-0.05, 0) is 43.5 Å². The molecule has 1 fully saturated rings. The van der Waals surface area contributed by atoms with Crippen LogP contribution in [0.3, 0.4) is 0 Å². The van der Waals surface area contributed by atoms with Gasteiger partial charge in [0.2, 0.25) is 0 Å². The van der Waals surface area contributed by atoms with Crippen LogP contribution in [-0.4, -0.2) is 40.5 Å². The van der Waals surface area contributed by atoms with Gasteiger partial charge in [-0.15, -0.1) is 0 Å². The van der Waals surface area contributed by atoms with E-state index >= 15 is 0 Å². The molecule has 3 rings (SSSR count). The molecule has 6 nitrogen and oxygen atoms in total. The van der Waals surface area contributed by atoms with Crippen molar-refractivity contribution in [3.8, 4) is 0 Å². The third-order valence-electron chi connectivity index (χ3n) is 4.58. The summed E-state index contributed by atoms with van der Waals surface area (Å²) in [6.45, 7) is 1.19. The second-order valence-corrected chi connectivity index (χ2v) is 6.35. The van der Waals surface area contributed by atoms with Crippen LogP contribution in [-0.2, 0) is 7.05 Å². The average molecular weight is 340 g/mol. The third kappa shape index (κ3) is 4.21. The number of hydrogen-bond donors (Lipinski definition) is 2. The topological polar surface area (TPSA) is 66.4 Å². The van der Waals surface area contributed by atoms with Crippen molar-refractivity contribution >= 4 is 17.6 Å². The van der Waals surface area contributed by atoms with Crippen molar-refractivity contribution in [3.63, 3.8) is 0 Å². The Bertz CT molecular complexity index is 726. The van der Waals surface area contributed by atoms with Crippen molar-refractivity contribution in [3.05, 3.63) is 54.4 Å². The summed E-state index contributed by atoms with van der Waals surface area (Å²) >= 11 is 0. The minimum absolute atomic E-state index is 0.0256. The summed E-state index contributed by atoms with van der Waals surface area (Å²) in [5.41, 5.74) is 1.43. The van der Waals surface area contributed by atoms with Gasteiger partial charge in [0.25, 0.3) is 5.91 Å². The van der Waals surface area contributed by atoms with Crippen molar-refractivity contribution in [2.45, 2.75) is 25.3 Å². The van der Waals surface area contributed by atoms with E-state index in [9.17, 15) is 9.59 Å². The summed E-state index contributed by atoms with van der Waals surface area (Å²) in [5, 5.41) is 5.70. The number of para-hydroxylation sites is 1. The lowest BCUT2D eigenvalue weighted by molar-refractivity contribution is 0.0605. The Morgan fingerprint density at radius 2 is 1.92 bits per heavy atom. The summed E-state index contributed by atoms with van der Waals surface area (Å²) in [4.78, 5) is 26.8. The zero-order chi connectivity index (χ0) is 17.6. The number of rotatable bonds is 4. The summed E-state index contributed by atoms with van der Waals surface area (Å²) in [5.74, 6) is 0.0301. The summed E-state index contributed by atoms with van der Waals surface area (Å²) < 4.78 is 1.84. The number of anilines is 1. The minimum Gasteiger partial charge on any atom is -0.347 e. The van der Waals surface area contributed by atoms with Gasteiger partial charge in [-0.25, -0.2) is 4.79 Å². The first-order chi connectivity index (χ1) is 12.1. The number of likely N-dealkylation sites (tertiary alicyclic amines) is 1. The molecular weight excluding hydrogens is 316 g/mol. The Morgan fingerprint density at radius 1 is 1.12 bits per heavy atom. The number of carbonyl (C=O) groups is 2. The number of benzene rings is 1. The van der Waals surface area contributed by atoms with Gasteiger partial charge in [0.15, 0.2) is 0 Å². The highest BCUT2D eigenvalue weighted by Gasteiger charge is 2.28. The van der Waals surface area contributed by atoms with Crippen LogP contribution in [0, 0.1) is 0 Å². The number of aromatic nitrogens is 1. The van der Waals surface area contributed by atoms with Gasteiger partial charge >= 0.3 is 6.03 Å². The zero-order valence-electron chi connectivity index (χ0n) is 14.4. The van der Waals surface area contributed by atoms with Crippen LogP contribution >= 0.6 is 0 Å². The molecular formula is C19H24N4O2. The molecule has 1 aliphatic rings. The summed E-state index contributed by atoms with van der Waals surface area (Å²) in [6, 6.07) is 12.8. The number of nitrogens with one attached hydrogen (secondary N) is 2. The van der Waals surface area contributed by atoms with E-state index in [1.807, 2.05) is 65.2 Å². The van der Waals surface area contributed by atoms with Gasteiger partial charge in [-0.3, -0.25) is 4.79 Å². The molecule has 2 heterocycles. The van der Waals surface area contributed by atoms with Crippen LogP contribution in [0.2, 0.25) is 0 Å². The van der Waals surface area contributed by atoms with Crippen LogP contribution in [0.15, 0.2) is 48.7 Å². The minimum atomic E-state index is -0.247. The highest BCUT2D eigenvalue weighted by molar-refractivity contribution is 5.93. The molecule has 0 bridgehead atoms. The quantitative estimate of drug-likeness (QED) is 0.899. The number of urea groups is 1. The average Bonchev–Trinajstić information content (AvgIpc) is 3.06. The maximum atomic E-state index is 12.8. The van der Waals surface area contributed by atoms with Gasteiger partial charge in [0.1, 0.15) is 5.69 Å². The Balaban J connectivity index is 1.59. The fraction of sp³-hybridized carbons (Fsp3) is 0.368. The third-order valence-corrected chi connectivity index (χ3v) is 4.58. The molecule has 1 aromatic heterocycles. The first-order valence-electron chi connectivity index (χ1n) is 8.67. The highest BCUT2D eigenvalue weighted by Crippen LogP contribution is 2.19. The molecule has 1 saturated heterocycles. The van der Waals surface area contributed by atoms with Gasteiger partial charge in [-0.2, -0.15) is 0 Å². The van der Waals surface area contributed by atoms with E-state index in [4.69, 9.17) is 0 Å². The lowest BCUT2D eigenvalue weighted by atomic mass is 10.0. The molecule has 25 heavy (non-hydrogen) atoms. The van der Waals surface area contributed by atoms with Crippen LogP contribution in [0.5, 0.6) is 0 Å². The Kier molecular flexibility index (Phi) is 5.38. The summed E-state index contributed by atoms with van der Waals surface area (Å²) in [6.07, 6.45) is 4.85. The fourth-order valence-electron chi connectivity index (χ4n) is 3.22. The Labute approximate surface area is 147 Å². The first-order valence-corrected chi connectivity index (χ1v) is 8.67. The van der Waals surface area contributed by atoms with E-state index in [-0.39, 0.29) is 18.0 Å². The van der Waals surface area contributed by atoms with Crippen molar-refractivity contribution in [1.29, 1.82) is 0 Å². The molecule has 132 valence electrons. The molecule has 2 aromatic rings. The van der Waals surface area contributed by atoms with Gasteiger partial charge in [0, 0.05) is 38.1 Å². The maximum Gasteiger partial charge on any atom is 0.319 e. The number of nitrogens with zero attached hydrogens (tertiary/aromatic N) is 2. The normalized spacial score (nSPS) is 17.2. The number of amides is 3. The predicted octanol–water partition coefficient (Wildman–Crippen LogP) is 2.84. The van der Waals surface area contributed by atoms with Gasteiger partial charge in [-0.1, -0.05) is 18.2 Å². The Hall–Kier alpha value is -2.76. The van der Waals surface area contributed by atoms with Crippen LogP contribution in [0.1, 0.15) is 29.8 Å². The standard InChI is InChI=1S/C19H24N4O2/c1-22-12-7-11-17(22)18(24)23-13-6-5-10-16(23)14-20-19(25)21-15-8-3-2-4-9-15/h2-4,7-9,11-12,16H,5-6,10,13-14H2,1H3,(H2,20,21,25)/t16-/m1/s1. The van der Waals surface area contributed by atoms with Gasteiger partial charge in [0.05, 0.1) is 0 Å². The molecule has 1 atom stereocenters. The van der Waals surface area contributed by atoms with E-state index in [0.29, 0.717) is 12.2 Å². The SMILES string of the molecule is Cn1cccc1C(=O)N1CCCC[C@@H]1CNC(=O)Nc1ccccc1. The smallest absolute Gasteiger partial charge is 0.319 e. The van der Waals surface area contributed by atoms with Gasteiger partial charge < -0.3 is 20.1 Å². The molecule has 6 heteroatoms. The van der Waals surface area contributed by atoms with Crippen molar-refractivity contribution in [2.24, 2.45) is 7.05 Å². The summed E-state index contributed by atoms with van der Waals surface area (Å²) in [7, 11) is 1.87. The second-order valence-electron chi connectivity index (χ2n) is 6.35. The van der Waals surface area contributed by atoms with E-state index in [1.165, 1.54) is 0 Å². The maximum absolute atomic E-state index is 12.8. The predicted molar refractivity (Wildman–Crippen MR) is 97.6 cm³/mol. The van der Waals surface area contributed by atoms with E-state index < -0.39 is 0 Å². The van der Waals surface area contributed by atoms with Crippen molar-refractivity contribution in [2.75, 3.05) is 18.4 Å². The van der Waals surface area contributed by atoms with E-state index in [2.05, 4.69) is 10.6 Å². The number of aryl methyl sites for hydroxylation is 1. The monoisotopic (exact) mass is 340 g/mol. The molecule has 0 spiro atoms. The molecule has 3 amide bonds. The first kappa shape index (κ1) is 17.1. The zero-order valence-corrected chi connectivity index (χ0v) is 14.4. The lowest BCUT2D eigenvalue weighted by Crippen LogP contribution is -2.50. The molecule has 0 saturated carbocycles. The largest absolute Gasteiger partial charge is 0.347 e. The Morgan fingerprint density at radius 3 is 2.64 bits per heavy atom. The molecule has 0 aliphatic carbocycles. The van der Waals surface area contributed by atoms with Crippen molar-refractivity contribution in [1.82, 2.24) is 14.8 Å². The molecule has 2 N–H and O–H groups in total. The van der Waals surface area contributed by atoms with E-state index in [0.717, 1.165) is 31.5 Å². The van der Waals surface area contributed by atoms with Crippen LogP contribution in [0.25, 0.3) is 0 Å². The van der Waals surface area contributed by atoms with Crippen LogP contribution < -0.4 is 10.6 Å². The number of piperidine rings is 1. The fourth-order valence-corrected chi connectivity index (χ4v) is 3.22.